The number of nitrogens with zero attached hydrogens (tertiary/aromatic N) is 4. The lowest BCUT2D eigenvalue weighted by Gasteiger charge is -2.12. The van der Waals surface area contributed by atoms with Crippen molar-refractivity contribution in [1.82, 2.24) is 14.3 Å². The minimum atomic E-state index is -0.467. The Morgan fingerprint density at radius 3 is 1.90 bits per heavy atom. The summed E-state index contributed by atoms with van der Waals surface area (Å²) < 4.78 is 2.52. The molecule has 0 radical (unpaired) electrons. The number of nitriles is 1. The summed E-state index contributed by atoms with van der Waals surface area (Å²) in [7, 11) is 0. The van der Waals surface area contributed by atoms with Gasteiger partial charge in [-0.05, 0) is 23.3 Å². The van der Waals surface area contributed by atoms with Crippen LogP contribution in [-0.4, -0.2) is 14.3 Å². The molecule has 0 aliphatic heterocycles. The summed E-state index contributed by atoms with van der Waals surface area (Å²) in [6.07, 6.45) is 0. The molecule has 4 aromatic rings. The van der Waals surface area contributed by atoms with Gasteiger partial charge in [0, 0.05) is 5.56 Å². The van der Waals surface area contributed by atoms with E-state index in [1.54, 1.807) is 24.3 Å². The molecule has 1 aromatic heterocycles. The molecular formula is C24H18N4O2. The van der Waals surface area contributed by atoms with Crippen molar-refractivity contribution >= 4 is 0 Å². The summed E-state index contributed by atoms with van der Waals surface area (Å²) in [5, 5.41) is 13.4. The van der Waals surface area contributed by atoms with Crippen molar-refractivity contribution in [2.24, 2.45) is 0 Å². The summed E-state index contributed by atoms with van der Waals surface area (Å²) in [5.41, 5.74) is 2.04. The Morgan fingerprint density at radius 1 is 0.767 bits per heavy atom. The number of benzene rings is 3. The highest BCUT2D eigenvalue weighted by molar-refractivity contribution is 5.58. The molecule has 0 unspecified atom stereocenters. The molecule has 146 valence electrons. The fourth-order valence-corrected chi connectivity index (χ4v) is 3.21. The third kappa shape index (κ3) is 3.96. The topological polar surface area (TPSA) is 80.7 Å². The summed E-state index contributed by atoms with van der Waals surface area (Å²) in [6, 6.07) is 27.5. The average Bonchev–Trinajstić information content (AvgIpc) is 2.80. The molecule has 0 atom stereocenters. The first-order valence-electron chi connectivity index (χ1n) is 9.46. The van der Waals surface area contributed by atoms with E-state index < -0.39 is 11.2 Å². The van der Waals surface area contributed by atoms with Gasteiger partial charge in [-0.25, -0.2) is 9.48 Å². The highest BCUT2D eigenvalue weighted by atomic mass is 16.2. The zero-order chi connectivity index (χ0) is 20.9. The van der Waals surface area contributed by atoms with Gasteiger partial charge < -0.3 is 0 Å². The highest BCUT2D eigenvalue weighted by Gasteiger charge is 2.16. The molecule has 0 fully saturated rings. The predicted octanol–water partition coefficient (Wildman–Crippen LogP) is 3.04. The highest BCUT2D eigenvalue weighted by Crippen LogP contribution is 2.14. The Kier molecular flexibility index (Phi) is 5.35. The molecule has 0 N–H and O–H groups in total. The summed E-state index contributed by atoms with van der Waals surface area (Å²) in [5.74, 6) is 0. The molecule has 6 heteroatoms. The Balaban J connectivity index is 1.87. The first-order valence-corrected chi connectivity index (χ1v) is 9.46. The van der Waals surface area contributed by atoms with Crippen molar-refractivity contribution < 1.29 is 0 Å². The fraction of sp³-hybridized carbons (Fsp3) is 0.0833. The van der Waals surface area contributed by atoms with Crippen LogP contribution in [0.15, 0.2) is 94.5 Å². The van der Waals surface area contributed by atoms with Crippen LogP contribution >= 0.6 is 0 Å². The third-order valence-corrected chi connectivity index (χ3v) is 4.77. The Labute approximate surface area is 172 Å². The van der Waals surface area contributed by atoms with Gasteiger partial charge in [0.1, 0.15) is 0 Å². The summed E-state index contributed by atoms with van der Waals surface area (Å²) >= 11 is 0. The number of hydrogen-bond donors (Lipinski definition) is 0. The normalized spacial score (nSPS) is 10.5. The monoisotopic (exact) mass is 394 g/mol. The van der Waals surface area contributed by atoms with E-state index in [-0.39, 0.29) is 18.8 Å². The molecule has 0 aliphatic carbocycles. The van der Waals surface area contributed by atoms with Crippen LogP contribution in [0, 0.1) is 11.3 Å². The molecule has 0 spiro atoms. The Morgan fingerprint density at radius 2 is 1.33 bits per heavy atom. The molecule has 0 saturated heterocycles. The van der Waals surface area contributed by atoms with Crippen molar-refractivity contribution in [2.75, 3.05) is 0 Å². The van der Waals surface area contributed by atoms with E-state index in [9.17, 15) is 9.59 Å². The molecule has 0 aliphatic rings. The van der Waals surface area contributed by atoms with Crippen molar-refractivity contribution in [3.63, 3.8) is 0 Å². The van der Waals surface area contributed by atoms with Gasteiger partial charge in [-0.15, -0.1) is 0 Å². The van der Waals surface area contributed by atoms with Gasteiger partial charge in [0.2, 0.25) is 0 Å². The largest absolute Gasteiger partial charge is 0.348 e. The molecule has 0 bridgehead atoms. The molecule has 1 heterocycles. The zero-order valence-corrected chi connectivity index (χ0v) is 16.1. The lowest BCUT2D eigenvalue weighted by Crippen LogP contribution is -2.42. The van der Waals surface area contributed by atoms with Gasteiger partial charge in [-0.2, -0.15) is 10.4 Å². The van der Waals surface area contributed by atoms with E-state index in [0.29, 0.717) is 11.1 Å². The standard InChI is InChI=1S/C24H18N4O2/c25-15-18-11-13-21(14-12-18)22-23(29)27(16-19-7-3-1-4-8-19)24(30)28(26-22)17-20-9-5-2-6-10-20/h1-14H,16-17H2. The number of aromatic nitrogens is 3. The third-order valence-electron chi connectivity index (χ3n) is 4.77. The van der Waals surface area contributed by atoms with E-state index in [2.05, 4.69) is 11.2 Å². The van der Waals surface area contributed by atoms with E-state index in [1.165, 1.54) is 9.25 Å². The number of hydrogen-bond acceptors (Lipinski definition) is 4. The first kappa shape index (κ1) is 19.1. The lowest BCUT2D eigenvalue weighted by atomic mass is 10.1. The maximum atomic E-state index is 13.2. The van der Waals surface area contributed by atoms with Crippen LogP contribution in [0.1, 0.15) is 16.7 Å². The number of rotatable bonds is 5. The minimum Gasteiger partial charge on any atom is -0.267 e. The average molecular weight is 394 g/mol. The van der Waals surface area contributed by atoms with Crippen LogP contribution in [0.2, 0.25) is 0 Å². The molecule has 3 aromatic carbocycles. The second kappa shape index (κ2) is 8.41. The van der Waals surface area contributed by atoms with Crippen LogP contribution in [0.25, 0.3) is 11.3 Å². The van der Waals surface area contributed by atoms with Gasteiger partial charge in [0.05, 0.1) is 24.7 Å². The minimum absolute atomic E-state index is 0.152. The van der Waals surface area contributed by atoms with Crippen LogP contribution in [0.3, 0.4) is 0 Å². The zero-order valence-electron chi connectivity index (χ0n) is 16.1. The van der Waals surface area contributed by atoms with Gasteiger partial charge >= 0.3 is 5.69 Å². The smallest absolute Gasteiger partial charge is 0.267 e. The molecule has 4 rings (SSSR count). The molecule has 0 saturated carbocycles. The summed E-state index contributed by atoms with van der Waals surface area (Å²) in [4.78, 5) is 26.3. The van der Waals surface area contributed by atoms with Crippen molar-refractivity contribution in [1.29, 1.82) is 5.26 Å². The van der Waals surface area contributed by atoms with Crippen LogP contribution < -0.4 is 11.2 Å². The van der Waals surface area contributed by atoms with E-state index >= 15 is 0 Å². The maximum Gasteiger partial charge on any atom is 0.348 e. The van der Waals surface area contributed by atoms with Gasteiger partial charge in [-0.3, -0.25) is 9.36 Å². The van der Waals surface area contributed by atoms with Crippen molar-refractivity contribution in [3.8, 4) is 17.3 Å². The molecular weight excluding hydrogens is 376 g/mol. The second-order valence-corrected chi connectivity index (χ2v) is 6.84. The molecule has 6 nitrogen and oxygen atoms in total. The molecule has 0 amide bonds. The van der Waals surface area contributed by atoms with Crippen molar-refractivity contribution in [2.45, 2.75) is 13.1 Å². The Bertz CT molecular complexity index is 1320. The van der Waals surface area contributed by atoms with E-state index in [0.717, 1.165) is 11.1 Å². The maximum absolute atomic E-state index is 13.2. The predicted molar refractivity (Wildman–Crippen MR) is 114 cm³/mol. The van der Waals surface area contributed by atoms with Crippen LogP contribution in [0.5, 0.6) is 0 Å². The fourth-order valence-electron chi connectivity index (χ4n) is 3.21. The van der Waals surface area contributed by atoms with Gasteiger partial charge in [0.15, 0.2) is 5.69 Å². The molecule has 30 heavy (non-hydrogen) atoms. The van der Waals surface area contributed by atoms with E-state index in [4.69, 9.17) is 5.26 Å². The van der Waals surface area contributed by atoms with Crippen LogP contribution in [-0.2, 0) is 13.1 Å². The quantitative estimate of drug-likeness (QED) is 0.521. The summed E-state index contributed by atoms with van der Waals surface area (Å²) in [6.45, 7) is 0.400. The Hall–Kier alpha value is -4.24. The van der Waals surface area contributed by atoms with Gasteiger partial charge in [0.25, 0.3) is 5.56 Å². The van der Waals surface area contributed by atoms with Crippen molar-refractivity contribution in [3.05, 3.63) is 122 Å². The lowest BCUT2D eigenvalue weighted by molar-refractivity contribution is 0.546. The van der Waals surface area contributed by atoms with Crippen LogP contribution in [0.4, 0.5) is 0 Å². The van der Waals surface area contributed by atoms with Gasteiger partial charge in [-0.1, -0.05) is 72.8 Å². The second-order valence-electron chi connectivity index (χ2n) is 6.84. The first-order chi connectivity index (χ1) is 14.7. The SMILES string of the molecule is N#Cc1ccc(-c2nn(Cc3ccccc3)c(=O)n(Cc3ccccc3)c2=O)cc1. The van der Waals surface area contributed by atoms with E-state index in [1.807, 2.05) is 60.7 Å².